The zero-order valence-corrected chi connectivity index (χ0v) is 13.7. The van der Waals surface area contributed by atoms with Crippen LogP contribution in [0, 0.1) is 0 Å². The van der Waals surface area contributed by atoms with Gasteiger partial charge in [0.1, 0.15) is 0 Å². The maximum Gasteiger partial charge on any atom is 0.240 e. The summed E-state index contributed by atoms with van der Waals surface area (Å²) in [6.07, 6.45) is 2.73. The van der Waals surface area contributed by atoms with Crippen LogP contribution in [0.25, 0.3) is 0 Å². The smallest absolute Gasteiger partial charge is 0.240 e. The predicted molar refractivity (Wildman–Crippen MR) is 84.7 cm³/mol. The molecule has 1 aromatic rings. The van der Waals surface area contributed by atoms with Crippen molar-refractivity contribution >= 4 is 10.0 Å². The number of benzene rings is 1. The van der Waals surface area contributed by atoms with Crippen LogP contribution in [0.15, 0.2) is 29.2 Å². The normalized spacial score (nSPS) is 11.7. The third-order valence-corrected chi connectivity index (χ3v) is 4.56. The first-order valence-electron chi connectivity index (χ1n) is 7.38. The molecule has 0 bridgehead atoms. The minimum absolute atomic E-state index is 0.329. The second-order valence-electron chi connectivity index (χ2n) is 4.88. The predicted octanol–water partition coefficient (Wildman–Crippen LogP) is 1.89. The van der Waals surface area contributed by atoms with Crippen molar-refractivity contribution in [2.45, 2.75) is 37.6 Å². The highest BCUT2D eigenvalue weighted by molar-refractivity contribution is 7.89. The van der Waals surface area contributed by atoms with Gasteiger partial charge in [0.15, 0.2) is 0 Å². The number of methoxy groups -OCH3 is 1. The zero-order chi connectivity index (χ0) is 15.6. The number of hydrogen-bond acceptors (Lipinski definition) is 4. The summed E-state index contributed by atoms with van der Waals surface area (Å²) in [5.41, 5.74) is 0.972. The summed E-state index contributed by atoms with van der Waals surface area (Å²) in [5, 5.41) is 3.19. The second-order valence-corrected chi connectivity index (χ2v) is 6.65. The zero-order valence-electron chi connectivity index (χ0n) is 12.9. The maximum atomic E-state index is 12.2. The van der Waals surface area contributed by atoms with Gasteiger partial charge in [-0.2, -0.15) is 0 Å². The van der Waals surface area contributed by atoms with E-state index in [4.69, 9.17) is 4.74 Å². The van der Waals surface area contributed by atoms with E-state index in [0.29, 0.717) is 18.0 Å². The Bertz CT molecular complexity index is 503. The Morgan fingerprint density at radius 1 is 1.19 bits per heavy atom. The van der Waals surface area contributed by atoms with E-state index in [1.54, 1.807) is 25.3 Å². The van der Waals surface area contributed by atoms with Gasteiger partial charge in [0.2, 0.25) is 10.0 Å². The molecule has 0 saturated carbocycles. The highest BCUT2D eigenvalue weighted by Gasteiger charge is 2.13. The monoisotopic (exact) mass is 314 g/mol. The minimum atomic E-state index is -3.41. The van der Waals surface area contributed by atoms with Gasteiger partial charge in [-0.05, 0) is 43.5 Å². The van der Waals surface area contributed by atoms with E-state index >= 15 is 0 Å². The summed E-state index contributed by atoms with van der Waals surface area (Å²) in [4.78, 5) is 0.329. The summed E-state index contributed by atoms with van der Waals surface area (Å²) in [7, 11) is -1.74. The lowest BCUT2D eigenvalue weighted by Crippen LogP contribution is -2.25. The molecule has 0 saturated heterocycles. The Hall–Kier alpha value is -0.950. The van der Waals surface area contributed by atoms with Crippen LogP contribution >= 0.6 is 0 Å². The molecule has 0 aromatic heterocycles. The van der Waals surface area contributed by atoms with Crippen molar-refractivity contribution in [2.75, 3.05) is 26.8 Å². The van der Waals surface area contributed by atoms with Crippen LogP contribution in [-0.2, 0) is 21.3 Å². The van der Waals surface area contributed by atoms with Crippen molar-refractivity contribution in [1.82, 2.24) is 10.0 Å². The first-order valence-corrected chi connectivity index (χ1v) is 8.86. The molecule has 1 aromatic carbocycles. The number of rotatable bonds is 11. The number of nitrogens with one attached hydrogen (secondary N) is 2. The Labute approximate surface area is 128 Å². The van der Waals surface area contributed by atoms with Gasteiger partial charge >= 0.3 is 0 Å². The molecular weight excluding hydrogens is 288 g/mol. The third-order valence-electron chi connectivity index (χ3n) is 3.11. The Morgan fingerprint density at radius 2 is 2.00 bits per heavy atom. The summed E-state index contributed by atoms with van der Waals surface area (Å²) in [6.45, 7) is 4.74. The molecular formula is C15H26N2O3S. The Balaban J connectivity index is 2.49. The van der Waals surface area contributed by atoms with Gasteiger partial charge in [0.25, 0.3) is 0 Å². The highest BCUT2D eigenvalue weighted by Crippen LogP contribution is 2.11. The van der Waals surface area contributed by atoms with Crippen molar-refractivity contribution in [1.29, 1.82) is 0 Å². The molecule has 0 aliphatic heterocycles. The molecule has 0 unspecified atom stereocenters. The molecule has 2 N–H and O–H groups in total. The van der Waals surface area contributed by atoms with Gasteiger partial charge < -0.3 is 10.1 Å². The standard InChI is InChI=1S/C15H26N2O3S/c1-3-16-13-14-8-7-9-15(12-14)21(18,19)17-10-5-4-6-11-20-2/h7-9,12,16-17H,3-6,10-11,13H2,1-2H3. The third kappa shape index (κ3) is 7.04. The van der Waals surface area contributed by atoms with Crippen LogP contribution in [0.1, 0.15) is 31.7 Å². The molecule has 120 valence electrons. The molecule has 0 heterocycles. The van der Waals surface area contributed by atoms with Crippen LogP contribution in [-0.4, -0.2) is 35.2 Å². The number of hydrogen-bond donors (Lipinski definition) is 2. The SMILES string of the molecule is CCNCc1cccc(S(=O)(=O)NCCCCCOC)c1. The van der Waals surface area contributed by atoms with E-state index in [1.807, 2.05) is 13.0 Å². The molecule has 0 fully saturated rings. The molecule has 1 rings (SSSR count). The van der Waals surface area contributed by atoms with E-state index in [-0.39, 0.29) is 0 Å². The summed E-state index contributed by atoms with van der Waals surface area (Å²) in [6, 6.07) is 7.05. The van der Waals surface area contributed by atoms with E-state index in [9.17, 15) is 8.42 Å². The van der Waals surface area contributed by atoms with E-state index in [2.05, 4.69) is 10.0 Å². The van der Waals surface area contributed by atoms with Crippen molar-refractivity contribution in [3.63, 3.8) is 0 Å². The molecule has 5 nitrogen and oxygen atoms in total. The molecule has 21 heavy (non-hydrogen) atoms. The largest absolute Gasteiger partial charge is 0.385 e. The maximum absolute atomic E-state index is 12.2. The topological polar surface area (TPSA) is 67.4 Å². The minimum Gasteiger partial charge on any atom is -0.385 e. The first-order chi connectivity index (χ1) is 10.1. The number of sulfonamides is 1. The molecule has 0 amide bonds. The van der Waals surface area contributed by atoms with Gasteiger partial charge in [-0.3, -0.25) is 0 Å². The average molecular weight is 314 g/mol. The first kappa shape index (κ1) is 18.1. The quantitative estimate of drug-likeness (QED) is 0.612. The van der Waals surface area contributed by atoms with E-state index in [0.717, 1.165) is 38.0 Å². The van der Waals surface area contributed by atoms with Crippen molar-refractivity contribution in [2.24, 2.45) is 0 Å². The fourth-order valence-electron chi connectivity index (χ4n) is 1.93. The fraction of sp³-hybridized carbons (Fsp3) is 0.600. The van der Waals surface area contributed by atoms with Gasteiger partial charge in [-0.15, -0.1) is 0 Å². The molecule has 6 heteroatoms. The van der Waals surface area contributed by atoms with Crippen LogP contribution in [0.4, 0.5) is 0 Å². The molecule has 0 aliphatic rings. The van der Waals surface area contributed by atoms with E-state index in [1.165, 1.54) is 0 Å². The second kappa shape index (κ2) is 9.89. The summed E-state index contributed by atoms with van der Waals surface area (Å²) in [5.74, 6) is 0. The summed E-state index contributed by atoms with van der Waals surface area (Å²) < 4.78 is 32.0. The molecule has 0 radical (unpaired) electrons. The van der Waals surface area contributed by atoms with Gasteiger partial charge in [0, 0.05) is 26.8 Å². The number of ether oxygens (including phenoxy) is 1. The van der Waals surface area contributed by atoms with Gasteiger partial charge in [0.05, 0.1) is 4.90 Å². The Morgan fingerprint density at radius 3 is 2.71 bits per heavy atom. The van der Waals surface area contributed by atoms with Gasteiger partial charge in [-0.25, -0.2) is 13.1 Å². The van der Waals surface area contributed by atoms with Crippen LogP contribution in [0.3, 0.4) is 0 Å². The van der Waals surface area contributed by atoms with Gasteiger partial charge in [-0.1, -0.05) is 19.1 Å². The lowest BCUT2D eigenvalue weighted by atomic mass is 10.2. The fourth-order valence-corrected chi connectivity index (χ4v) is 3.07. The summed E-state index contributed by atoms with van der Waals surface area (Å²) >= 11 is 0. The average Bonchev–Trinajstić information content (AvgIpc) is 2.49. The van der Waals surface area contributed by atoms with Crippen LogP contribution < -0.4 is 10.0 Å². The van der Waals surface area contributed by atoms with Crippen LogP contribution in [0.2, 0.25) is 0 Å². The highest BCUT2D eigenvalue weighted by atomic mass is 32.2. The van der Waals surface area contributed by atoms with Crippen LogP contribution in [0.5, 0.6) is 0 Å². The number of unbranched alkanes of at least 4 members (excludes halogenated alkanes) is 2. The van der Waals surface area contributed by atoms with Crippen molar-refractivity contribution in [3.8, 4) is 0 Å². The van der Waals surface area contributed by atoms with Crippen molar-refractivity contribution < 1.29 is 13.2 Å². The molecule has 0 aliphatic carbocycles. The molecule has 0 atom stereocenters. The Kier molecular flexibility index (Phi) is 8.52. The molecule has 0 spiro atoms. The lowest BCUT2D eigenvalue weighted by Gasteiger charge is -2.09. The lowest BCUT2D eigenvalue weighted by molar-refractivity contribution is 0.192. The van der Waals surface area contributed by atoms with E-state index < -0.39 is 10.0 Å². The van der Waals surface area contributed by atoms with Crippen molar-refractivity contribution in [3.05, 3.63) is 29.8 Å².